The number of carbonyl (C=O) groups excluding carboxylic acids is 1. The first-order chi connectivity index (χ1) is 14.0. The third kappa shape index (κ3) is 4.30. The van der Waals surface area contributed by atoms with Crippen molar-refractivity contribution in [2.24, 2.45) is 4.99 Å². The molecule has 154 valence electrons. The maximum absolute atomic E-state index is 14.0. The highest BCUT2D eigenvalue weighted by atomic mass is 32.1. The van der Waals surface area contributed by atoms with Crippen molar-refractivity contribution in [3.8, 4) is 11.5 Å². The van der Waals surface area contributed by atoms with E-state index >= 15 is 0 Å². The van der Waals surface area contributed by atoms with Crippen LogP contribution in [-0.4, -0.2) is 37.9 Å². The lowest BCUT2D eigenvalue weighted by molar-refractivity contribution is 0.0988. The molecule has 0 aliphatic heterocycles. The second kappa shape index (κ2) is 9.15. The number of amides is 1. The average Bonchev–Trinajstić information content (AvgIpc) is 3.03. The molecule has 29 heavy (non-hydrogen) atoms. The zero-order valence-corrected chi connectivity index (χ0v) is 17.0. The number of thiazole rings is 1. The van der Waals surface area contributed by atoms with Crippen LogP contribution in [0.5, 0.6) is 11.5 Å². The van der Waals surface area contributed by atoms with E-state index in [9.17, 15) is 13.6 Å². The van der Waals surface area contributed by atoms with Gasteiger partial charge in [0.05, 0.1) is 31.0 Å². The molecule has 1 aromatic heterocycles. The second-order valence-electron chi connectivity index (χ2n) is 5.92. The van der Waals surface area contributed by atoms with Crippen LogP contribution < -0.4 is 14.3 Å². The standard InChI is InChI=1S/C20H20F2N2O4S/c1-4-28-9-8-24-14-10-15(26-2)16(27-3)11-17(14)29-20(24)23-19(25)18-12(21)6-5-7-13(18)22/h5-7,10-11H,4,8-9H2,1-3H3. The molecule has 0 radical (unpaired) electrons. The lowest BCUT2D eigenvalue weighted by atomic mass is 10.2. The summed E-state index contributed by atoms with van der Waals surface area (Å²) in [4.78, 5) is 16.8. The smallest absolute Gasteiger partial charge is 0.285 e. The summed E-state index contributed by atoms with van der Waals surface area (Å²) >= 11 is 1.20. The van der Waals surface area contributed by atoms with E-state index in [1.54, 1.807) is 16.7 Å². The molecule has 0 atom stereocenters. The number of aromatic nitrogens is 1. The largest absolute Gasteiger partial charge is 0.493 e. The van der Waals surface area contributed by atoms with E-state index in [-0.39, 0.29) is 0 Å². The van der Waals surface area contributed by atoms with Gasteiger partial charge in [-0.25, -0.2) is 8.78 Å². The third-order valence-corrected chi connectivity index (χ3v) is 5.27. The van der Waals surface area contributed by atoms with Gasteiger partial charge in [-0.1, -0.05) is 17.4 Å². The molecule has 0 N–H and O–H groups in total. The summed E-state index contributed by atoms with van der Waals surface area (Å²) in [6.45, 7) is 3.19. The van der Waals surface area contributed by atoms with Crippen molar-refractivity contribution in [1.29, 1.82) is 0 Å². The van der Waals surface area contributed by atoms with Crippen molar-refractivity contribution in [2.75, 3.05) is 27.4 Å². The first-order valence-corrected chi connectivity index (χ1v) is 9.68. The van der Waals surface area contributed by atoms with E-state index in [4.69, 9.17) is 14.2 Å². The first kappa shape index (κ1) is 20.9. The summed E-state index contributed by atoms with van der Waals surface area (Å²) in [5.74, 6) is -1.86. The van der Waals surface area contributed by atoms with Gasteiger partial charge in [-0.2, -0.15) is 4.99 Å². The van der Waals surface area contributed by atoms with Gasteiger partial charge in [-0.15, -0.1) is 0 Å². The van der Waals surface area contributed by atoms with Gasteiger partial charge in [0.2, 0.25) is 0 Å². The van der Waals surface area contributed by atoms with E-state index in [0.29, 0.717) is 36.1 Å². The van der Waals surface area contributed by atoms with Crippen LogP contribution in [0.15, 0.2) is 35.3 Å². The summed E-state index contributed by atoms with van der Waals surface area (Å²) in [6, 6.07) is 6.78. The van der Waals surface area contributed by atoms with Crippen molar-refractivity contribution in [3.05, 3.63) is 52.3 Å². The van der Waals surface area contributed by atoms with Crippen LogP contribution in [0.1, 0.15) is 17.3 Å². The number of ether oxygens (including phenoxy) is 3. The van der Waals surface area contributed by atoms with E-state index in [0.717, 1.165) is 22.3 Å². The molecule has 0 unspecified atom stereocenters. The Morgan fingerprint density at radius 2 is 1.79 bits per heavy atom. The second-order valence-corrected chi connectivity index (χ2v) is 6.93. The Hall–Kier alpha value is -2.78. The highest BCUT2D eigenvalue weighted by molar-refractivity contribution is 7.16. The molecule has 0 bridgehead atoms. The lowest BCUT2D eigenvalue weighted by Gasteiger charge is -2.09. The van der Waals surface area contributed by atoms with Crippen LogP contribution in [-0.2, 0) is 11.3 Å². The fraction of sp³-hybridized carbons (Fsp3) is 0.300. The quantitative estimate of drug-likeness (QED) is 0.544. The fourth-order valence-electron chi connectivity index (χ4n) is 2.84. The first-order valence-electron chi connectivity index (χ1n) is 8.86. The molecule has 0 spiro atoms. The van der Waals surface area contributed by atoms with Crippen LogP contribution in [0.4, 0.5) is 8.78 Å². The van der Waals surface area contributed by atoms with E-state index in [2.05, 4.69) is 4.99 Å². The summed E-state index contributed by atoms with van der Waals surface area (Å²) in [6.07, 6.45) is 0. The van der Waals surface area contributed by atoms with E-state index in [1.165, 1.54) is 31.6 Å². The highest BCUT2D eigenvalue weighted by Gasteiger charge is 2.18. The lowest BCUT2D eigenvalue weighted by Crippen LogP contribution is -2.20. The number of fused-ring (bicyclic) bond motifs is 1. The van der Waals surface area contributed by atoms with Crippen LogP contribution in [0.2, 0.25) is 0 Å². The Kier molecular flexibility index (Phi) is 6.60. The number of benzene rings is 2. The molecule has 2 aromatic carbocycles. The van der Waals surface area contributed by atoms with Crippen LogP contribution in [0, 0.1) is 11.6 Å². The zero-order valence-electron chi connectivity index (χ0n) is 16.2. The zero-order chi connectivity index (χ0) is 21.0. The van der Waals surface area contributed by atoms with Crippen molar-refractivity contribution in [1.82, 2.24) is 4.57 Å². The van der Waals surface area contributed by atoms with Crippen LogP contribution in [0.3, 0.4) is 0 Å². The Morgan fingerprint density at radius 3 is 2.41 bits per heavy atom. The van der Waals surface area contributed by atoms with Crippen LogP contribution in [0.25, 0.3) is 10.2 Å². The Balaban J connectivity index is 2.18. The van der Waals surface area contributed by atoms with Gasteiger partial charge in [0.1, 0.15) is 17.2 Å². The minimum atomic E-state index is -0.990. The minimum Gasteiger partial charge on any atom is -0.493 e. The number of carbonyl (C=O) groups is 1. The predicted octanol–water partition coefficient (Wildman–Crippen LogP) is 3.78. The molecule has 3 aromatic rings. The van der Waals surface area contributed by atoms with Gasteiger partial charge in [-0.3, -0.25) is 4.79 Å². The topological polar surface area (TPSA) is 62.1 Å². The molecule has 1 heterocycles. The molecule has 1 amide bonds. The van der Waals surface area contributed by atoms with Crippen molar-refractivity contribution in [2.45, 2.75) is 13.5 Å². The highest BCUT2D eigenvalue weighted by Crippen LogP contribution is 2.33. The van der Waals surface area contributed by atoms with Crippen molar-refractivity contribution in [3.63, 3.8) is 0 Å². The summed E-state index contributed by atoms with van der Waals surface area (Å²) < 4.78 is 46.6. The van der Waals surface area contributed by atoms with Gasteiger partial charge >= 0.3 is 0 Å². The van der Waals surface area contributed by atoms with Crippen LogP contribution >= 0.6 is 11.3 Å². The van der Waals surface area contributed by atoms with Gasteiger partial charge in [-0.05, 0) is 19.1 Å². The average molecular weight is 422 g/mol. The number of hydrogen-bond acceptors (Lipinski definition) is 5. The normalized spacial score (nSPS) is 11.8. The molecule has 0 saturated heterocycles. The Morgan fingerprint density at radius 1 is 1.14 bits per heavy atom. The third-order valence-electron chi connectivity index (χ3n) is 4.23. The van der Waals surface area contributed by atoms with Crippen molar-refractivity contribution < 1.29 is 27.8 Å². The minimum absolute atomic E-state index is 0.294. The fourth-order valence-corrected chi connectivity index (χ4v) is 3.91. The number of halogens is 2. The van der Waals surface area contributed by atoms with E-state index < -0.39 is 23.1 Å². The van der Waals surface area contributed by atoms with Crippen molar-refractivity contribution >= 4 is 27.5 Å². The number of rotatable bonds is 7. The molecule has 0 aliphatic rings. The van der Waals surface area contributed by atoms with E-state index in [1.807, 2.05) is 6.92 Å². The van der Waals surface area contributed by atoms with Gasteiger partial charge in [0.15, 0.2) is 16.3 Å². The predicted molar refractivity (Wildman–Crippen MR) is 106 cm³/mol. The number of methoxy groups -OCH3 is 2. The number of hydrogen-bond donors (Lipinski definition) is 0. The van der Waals surface area contributed by atoms with Gasteiger partial charge in [0, 0.05) is 25.3 Å². The molecule has 0 fully saturated rings. The molecule has 3 rings (SSSR count). The SMILES string of the molecule is CCOCCn1c(=NC(=O)c2c(F)cccc2F)sc2cc(OC)c(OC)cc21. The maximum Gasteiger partial charge on any atom is 0.285 e. The molecule has 9 heteroatoms. The number of nitrogens with zero attached hydrogens (tertiary/aromatic N) is 2. The molecule has 6 nitrogen and oxygen atoms in total. The maximum atomic E-state index is 14.0. The summed E-state index contributed by atoms with van der Waals surface area (Å²) in [5, 5.41) is 0. The molecule has 0 aliphatic carbocycles. The monoisotopic (exact) mass is 422 g/mol. The van der Waals surface area contributed by atoms with Gasteiger partial charge < -0.3 is 18.8 Å². The summed E-state index contributed by atoms with van der Waals surface area (Å²) in [5.41, 5.74) is 0.0596. The van der Waals surface area contributed by atoms with Gasteiger partial charge in [0.25, 0.3) is 5.91 Å². The Labute approximate surface area is 170 Å². The Bertz CT molecular complexity index is 1090. The molecular weight excluding hydrogens is 402 g/mol. The summed E-state index contributed by atoms with van der Waals surface area (Å²) in [7, 11) is 3.05. The molecular formula is C20H20F2N2O4S. The molecule has 0 saturated carbocycles.